The van der Waals surface area contributed by atoms with Gasteiger partial charge in [-0.2, -0.15) is 0 Å². The number of rotatable bonds is 3. The molecule has 1 aliphatic heterocycles. The van der Waals surface area contributed by atoms with Gasteiger partial charge in [-0.05, 0) is 40.9 Å². The minimum Gasteiger partial charge on any atom is -0.338 e. The van der Waals surface area contributed by atoms with Gasteiger partial charge in [0.25, 0.3) is 5.91 Å². The predicted molar refractivity (Wildman–Crippen MR) is 87.8 cm³/mol. The standard InChI is InChI=1S/C14H20BrN3O2S/c1-2-6-16-14(20)18-8-3-7-17(9-10-18)13(19)11-4-5-12(15)21-11/h4-5H,2-3,6-10H2,1H3,(H,16,20). The zero-order valence-electron chi connectivity index (χ0n) is 12.1. The number of nitrogens with one attached hydrogen (secondary N) is 1. The molecule has 7 heteroatoms. The summed E-state index contributed by atoms with van der Waals surface area (Å²) in [7, 11) is 0. The number of thiophene rings is 1. The fourth-order valence-corrected chi connectivity index (χ4v) is 3.61. The van der Waals surface area contributed by atoms with Crippen LogP contribution in [0.15, 0.2) is 15.9 Å². The van der Waals surface area contributed by atoms with E-state index in [9.17, 15) is 9.59 Å². The molecule has 1 aromatic rings. The van der Waals surface area contributed by atoms with Gasteiger partial charge in [-0.1, -0.05) is 6.92 Å². The largest absolute Gasteiger partial charge is 0.338 e. The molecule has 21 heavy (non-hydrogen) atoms. The van der Waals surface area contributed by atoms with E-state index < -0.39 is 0 Å². The van der Waals surface area contributed by atoms with Gasteiger partial charge in [0, 0.05) is 32.7 Å². The monoisotopic (exact) mass is 373 g/mol. The minimum atomic E-state index is -0.0231. The normalized spacial score (nSPS) is 15.7. The van der Waals surface area contributed by atoms with E-state index in [1.54, 1.807) is 4.90 Å². The third-order valence-corrected chi connectivity index (χ3v) is 4.99. The topological polar surface area (TPSA) is 52.7 Å². The van der Waals surface area contributed by atoms with Crippen LogP contribution in [-0.2, 0) is 0 Å². The fraction of sp³-hybridized carbons (Fsp3) is 0.571. The molecule has 0 aromatic carbocycles. The highest BCUT2D eigenvalue weighted by Crippen LogP contribution is 2.23. The summed E-state index contributed by atoms with van der Waals surface area (Å²) in [6.45, 7) is 5.31. The van der Waals surface area contributed by atoms with E-state index in [2.05, 4.69) is 21.2 Å². The summed E-state index contributed by atoms with van der Waals surface area (Å²) in [5, 5.41) is 2.89. The molecule has 0 unspecified atom stereocenters. The van der Waals surface area contributed by atoms with Gasteiger partial charge in [0.2, 0.25) is 0 Å². The van der Waals surface area contributed by atoms with E-state index >= 15 is 0 Å². The van der Waals surface area contributed by atoms with Crippen molar-refractivity contribution in [3.8, 4) is 0 Å². The summed E-state index contributed by atoms with van der Waals surface area (Å²) in [6, 6.07) is 3.71. The molecule has 0 saturated carbocycles. The maximum Gasteiger partial charge on any atom is 0.317 e. The van der Waals surface area contributed by atoms with Crippen LogP contribution >= 0.6 is 27.3 Å². The molecule has 0 radical (unpaired) electrons. The number of hydrogen-bond acceptors (Lipinski definition) is 3. The molecule has 2 rings (SSSR count). The Morgan fingerprint density at radius 3 is 2.62 bits per heavy atom. The highest BCUT2D eigenvalue weighted by Gasteiger charge is 2.23. The van der Waals surface area contributed by atoms with Gasteiger partial charge in [-0.25, -0.2) is 4.79 Å². The quantitative estimate of drug-likeness (QED) is 0.885. The van der Waals surface area contributed by atoms with Crippen molar-refractivity contribution in [3.05, 3.63) is 20.8 Å². The Labute approximate surface area is 137 Å². The second-order valence-electron chi connectivity index (χ2n) is 4.97. The summed E-state index contributed by atoms with van der Waals surface area (Å²) in [4.78, 5) is 28.8. The van der Waals surface area contributed by atoms with Gasteiger partial charge < -0.3 is 15.1 Å². The molecule has 0 aliphatic carbocycles. The average Bonchev–Trinajstić information content (AvgIpc) is 2.76. The molecule has 0 spiro atoms. The zero-order valence-corrected chi connectivity index (χ0v) is 14.5. The number of nitrogens with zero attached hydrogens (tertiary/aromatic N) is 2. The smallest absolute Gasteiger partial charge is 0.317 e. The lowest BCUT2D eigenvalue weighted by molar-refractivity contribution is 0.0767. The summed E-state index contributed by atoms with van der Waals surface area (Å²) >= 11 is 4.83. The summed E-state index contributed by atoms with van der Waals surface area (Å²) in [5.41, 5.74) is 0. The van der Waals surface area contributed by atoms with Crippen LogP contribution in [0.4, 0.5) is 4.79 Å². The first kappa shape index (κ1) is 16.3. The van der Waals surface area contributed by atoms with Crippen molar-refractivity contribution in [2.24, 2.45) is 0 Å². The zero-order chi connectivity index (χ0) is 15.2. The molecule has 116 valence electrons. The second-order valence-corrected chi connectivity index (χ2v) is 7.43. The highest BCUT2D eigenvalue weighted by molar-refractivity contribution is 9.11. The third-order valence-electron chi connectivity index (χ3n) is 3.38. The number of hydrogen-bond donors (Lipinski definition) is 1. The number of amides is 3. The first-order valence-corrected chi connectivity index (χ1v) is 8.80. The molecule has 1 N–H and O–H groups in total. The van der Waals surface area contributed by atoms with Crippen molar-refractivity contribution in [2.75, 3.05) is 32.7 Å². The highest BCUT2D eigenvalue weighted by atomic mass is 79.9. The number of urea groups is 1. The Kier molecular flexibility index (Phi) is 6.05. The van der Waals surface area contributed by atoms with E-state index in [1.807, 2.05) is 24.0 Å². The lowest BCUT2D eigenvalue weighted by Gasteiger charge is -2.22. The number of carbonyl (C=O) groups is 2. The second kappa shape index (κ2) is 7.79. The Morgan fingerprint density at radius 2 is 1.95 bits per heavy atom. The van der Waals surface area contributed by atoms with E-state index in [-0.39, 0.29) is 11.9 Å². The van der Waals surface area contributed by atoms with Crippen LogP contribution in [0.2, 0.25) is 0 Å². The van der Waals surface area contributed by atoms with Crippen LogP contribution in [0.25, 0.3) is 0 Å². The van der Waals surface area contributed by atoms with E-state index in [4.69, 9.17) is 0 Å². The van der Waals surface area contributed by atoms with Crippen molar-refractivity contribution in [1.82, 2.24) is 15.1 Å². The van der Waals surface area contributed by atoms with E-state index in [0.29, 0.717) is 32.7 Å². The Morgan fingerprint density at radius 1 is 1.24 bits per heavy atom. The van der Waals surface area contributed by atoms with Crippen molar-refractivity contribution >= 4 is 39.2 Å². The maximum absolute atomic E-state index is 12.4. The summed E-state index contributed by atoms with van der Waals surface area (Å²) in [6.07, 6.45) is 1.75. The Hall–Kier alpha value is -1.08. The SMILES string of the molecule is CCCNC(=O)N1CCCN(C(=O)c2ccc(Br)s2)CC1. The van der Waals surface area contributed by atoms with E-state index in [1.165, 1.54) is 11.3 Å². The van der Waals surface area contributed by atoms with Crippen LogP contribution in [0.5, 0.6) is 0 Å². The van der Waals surface area contributed by atoms with Crippen LogP contribution in [0.1, 0.15) is 29.4 Å². The predicted octanol–water partition coefficient (Wildman–Crippen LogP) is 2.78. The van der Waals surface area contributed by atoms with Gasteiger partial charge in [0.05, 0.1) is 8.66 Å². The molecule has 5 nitrogen and oxygen atoms in total. The lowest BCUT2D eigenvalue weighted by Crippen LogP contribution is -2.42. The summed E-state index contributed by atoms with van der Waals surface area (Å²) in [5.74, 6) is 0.0570. The third kappa shape index (κ3) is 4.44. The molecular weight excluding hydrogens is 354 g/mol. The summed E-state index contributed by atoms with van der Waals surface area (Å²) < 4.78 is 0.959. The molecule has 0 atom stereocenters. The lowest BCUT2D eigenvalue weighted by atomic mass is 10.3. The van der Waals surface area contributed by atoms with Crippen molar-refractivity contribution in [2.45, 2.75) is 19.8 Å². The van der Waals surface area contributed by atoms with Crippen LogP contribution in [-0.4, -0.2) is 54.5 Å². The van der Waals surface area contributed by atoms with Gasteiger partial charge in [0.1, 0.15) is 0 Å². The fourth-order valence-electron chi connectivity index (χ4n) is 2.25. The first-order valence-electron chi connectivity index (χ1n) is 7.19. The molecule has 1 aromatic heterocycles. The molecular formula is C14H20BrN3O2S. The molecule has 0 bridgehead atoms. The van der Waals surface area contributed by atoms with Gasteiger partial charge in [0.15, 0.2) is 0 Å². The van der Waals surface area contributed by atoms with Crippen molar-refractivity contribution in [3.63, 3.8) is 0 Å². The number of carbonyl (C=O) groups excluding carboxylic acids is 2. The maximum atomic E-state index is 12.4. The molecule has 1 saturated heterocycles. The first-order chi connectivity index (χ1) is 10.1. The van der Waals surface area contributed by atoms with Crippen LogP contribution in [0.3, 0.4) is 0 Å². The van der Waals surface area contributed by atoms with Crippen molar-refractivity contribution in [1.29, 1.82) is 0 Å². The average molecular weight is 374 g/mol. The van der Waals surface area contributed by atoms with Crippen molar-refractivity contribution < 1.29 is 9.59 Å². The molecule has 3 amide bonds. The van der Waals surface area contributed by atoms with Crippen LogP contribution < -0.4 is 5.32 Å². The Bertz CT molecular complexity index is 506. The van der Waals surface area contributed by atoms with Gasteiger partial charge >= 0.3 is 6.03 Å². The molecule has 1 aliphatic rings. The van der Waals surface area contributed by atoms with Crippen LogP contribution in [0, 0.1) is 0 Å². The molecule has 2 heterocycles. The van der Waals surface area contributed by atoms with Gasteiger partial charge in [-0.15, -0.1) is 11.3 Å². The number of halogens is 1. The molecule has 1 fully saturated rings. The van der Waals surface area contributed by atoms with Gasteiger partial charge in [-0.3, -0.25) is 4.79 Å². The minimum absolute atomic E-state index is 0.0231. The van der Waals surface area contributed by atoms with E-state index in [0.717, 1.165) is 21.5 Å². The Balaban J connectivity index is 1.91.